The van der Waals surface area contributed by atoms with Crippen molar-refractivity contribution in [1.29, 1.82) is 0 Å². The lowest BCUT2D eigenvalue weighted by molar-refractivity contribution is -0.111. The van der Waals surface area contributed by atoms with Gasteiger partial charge in [-0.3, -0.25) is 4.79 Å². The SMILES string of the molecule is CCCCc1ccc(NC(=O)C=Cc2ccc(OCc3ccccc3)cc2)cc1. The molecule has 3 heteroatoms. The van der Waals surface area contributed by atoms with Gasteiger partial charge in [0.25, 0.3) is 0 Å². The van der Waals surface area contributed by atoms with Gasteiger partial charge in [0.2, 0.25) is 5.91 Å². The Hall–Kier alpha value is -3.33. The van der Waals surface area contributed by atoms with E-state index in [9.17, 15) is 4.79 Å². The highest BCUT2D eigenvalue weighted by Crippen LogP contribution is 2.16. The highest BCUT2D eigenvalue weighted by molar-refractivity contribution is 6.01. The van der Waals surface area contributed by atoms with Gasteiger partial charge in [0.05, 0.1) is 0 Å². The summed E-state index contributed by atoms with van der Waals surface area (Å²) in [6.07, 6.45) is 6.79. The number of hydrogen-bond acceptors (Lipinski definition) is 2. The maximum atomic E-state index is 12.1. The van der Waals surface area contributed by atoms with Gasteiger partial charge in [-0.1, -0.05) is 67.9 Å². The van der Waals surface area contributed by atoms with E-state index < -0.39 is 0 Å². The van der Waals surface area contributed by atoms with Crippen molar-refractivity contribution in [3.63, 3.8) is 0 Å². The lowest BCUT2D eigenvalue weighted by Gasteiger charge is -2.06. The predicted molar refractivity (Wildman–Crippen MR) is 120 cm³/mol. The molecule has 3 nitrogen and oxygen atoms in total. The fraction of sp³-hybridized carbons (Fsp3) is 0.192. The normalized spacial score (nSPS) is 10.8. The third-order valence-electron chi connectivity index (χ3n) is 4.60. The van der Waals surface area contributed by atoms with Gasteiger partial charge in [-0.25, -0.2) is 0 Å². The second kappa shape index (κ2) is 10.9. The van der Waals surface area contributed by atoms with E-state index in [1.165, 1.54) is 18.4 Å². The van der Waals surface area contributed by atoms with Crippen molar-refractivity contribution in [2.24, 2.45) is 0 Å². The largest absolute Gasteiger partial charge is 0.489 e. The second-order valence-corrected chi connectivity index (χ2v) is 6.97. The number of carbonyl (C=O) groups is 1. The highest BCUT2D eigenvalue weighted by atomic mass is 16.5. The number of hydrogen-bond donors (Lipinski definition) is 1. The third kappa shape index (κ3) is 6.96. The maximum absolute atomic E-state index is 12.1. The molecule has 3 aromatic carbocycles. The molecule has 0 heterocycles. The van der Waals surface area contributed by atoms with Crippen LogP contribution in [0.4, 0.5) is 5.69 Å². The zero-order chi connectivity index (χ0) is 20.3. The Labute approximate surface area is 173 Å². The summed E-state index contributed by atoms with van der Waals surface area (Å²) < 4.78 is 5.78. The van der Waals surface area contributed by atoms with E-state index in [-0.39, 0.29) is 5.91 Å². The van der Waals surface area contributed by atoms with Gasteiger partial charge < -0.3 is 10.1 Å². The summed E-state index contributed by atoms with van der Waals surface area (Å²) in [6.45, 7) is 2.72. The lowest BCUT2D eigenvalue weighted by atomic mass is 10.1. The first-order valence-electron chi connectivity index (χ1n) is 10.1. The van der Waals surface area contributed by atoms with Crippen LogP contribution < -0.4 is 10.1 Å². The minimum absolute atomic E-state index is 0.143. The quantitative estimate of drug-likeness (QED) is 0.442. The fourth-order valence-corrected chi connectivity index (χ4v) is 2.91. The van der Waals surface area contributed by atoms with Gasteiger partial charge in [0, 0.05) is 11.8 Å². The molecular weight excluding hydrogens is 358 g/mol. The molecule has 148 valence electrons. The number of unbranched alkanes of at least 4 members (excludes halogenated alkanes) is 1. The molecule has 29 heavy (non-hydrogen) atoms. The highest BCUT2D eigenvalue weighted by Gasteiger charge is 2.00. The standard InChI is InChI=1S/C26H27NO2/c1-2-3-7-21-10-15-24(16-11-21)27-26(28)19-14-22-12-17-25(18-13-22)29-20-23-8-5-4-6-9-23/h4-6,8-19H,2-3,7,20H2,1H3,(H,27,28). The molecule has 0 unspecified atom stereocenters. The van der Waals surface area contributed by atoms with Crippen LogP contribution in [0.15, 0.2) is 84.9 Å². The second-order valence-electron chi connectivity index (χ2n) is 6.97. The van der Waals surface area contributed by atoms with E-state index in [2.05, 4.69) is 24.4 Å². The fourth-order valence-electron chi connectivity index (χ4n) is 2.91. The van der Waals surface area contributed by atoms with Crippen molar-refractivity contribution in [2.75, 3.05) is 5.32 Å². The van der Waals surface area contributed by atoms with E-state index in [1.807, 2.05) is 66.7 Å². The van der Waals surface area contributed by atoms with Crippen molar-refractivity contribution >= 4 is 17.7 Å². The third-order valence-corrected chi connectivity index (χ3v) is 4.60. The summed E-state index contributed by atoms with van der Waals surface area (Å²) in [5.74, 6) is 0.661. The monoisotopic (exact) mass is 385 g/mol. The minimum Gasteiger partial charge on any atom is -0.489 e. The van der Waals surface area contributed by atoms with E-state index in [4.69, 9.17) is 4.74 Å². The Bertz CT molecular complexity index is 913. The molecule has 3 aromatic rings. The molecule has 0 spiro atoms. The van der Waals surface area contributed by atoms with E-state index in [0.717, 1.165) is 29.0 Å². The Morgan fingerprint density at radius 3 is 2.31 bits per heavy atom. The van der Waals surface area contributed by atoms with Gasteiger partial charge in [-0.15, -0.1) is 0 Å². The molecule has 1 amide bonds. The molecule has 0 saturated carbocycles. The molecule has 0 aliphatic heterocycles. The topological polar surface area (TPSA) is 38.3 Å². The van der Waals surface area contributed by atoms with Crippen molar-refractivity contribution in [2.45, 2.75) is 32.8 Å². The van der Waals surface area contributed by atoms with Crippen LogP contribution in [0.25, 0.3) is 6.08 Å². The number of benzene rings is 3. The summed E-state index contributed by atoms with van der Waals surface area (Å²) in [5, 5.41) is 2.89. The van der Waals surface area contributed by atoms with Crippen LogP contribution in [0.3, 0.4) is 0 Å². The molecule has 3 rings (SSSR count). The van der Waals surface area contributed by atoms with Crippen LogP contribution in [0.2, 0.25) is 0 Å². The number of nitrogens with one attached hydrogen (secondary N) is 1. The predicted octanol–water partition coefficient (Wildman–Crippen LogP) is 6.26. The smallest absolute Gasteiger partial charge is 0.248 e. The molecular formula is C26H27NO2. The van der Waals surface area contributed by atoms with Crippen LogP contribution >= 0.6 is 0 Å². The summed E-state index contributed by atoms with van der Waals surface area (Å²) in [4.78, 5) is 12.1. The number of rotatable bonds is 9. The van der Waals surface area contributed by atoms with Crippen LogP contribution in [0.1, 0.15) is 36.5 Å². The average molecular weight is 386 g/mol. The maximum Gasteiger partial charge on any atom is 0.248 e. The first-order chi connectivity index (χ1) is 14.2. The first-order valence-corrected chi connectivity index (χ1v) is 10.1. The first kappa shape index (κ1) is 20.4. The summed E-state index contributed by atoms with van der Waals surface area (Å²) in [7, 11) is 0. The molecule has 0 fully saturated rings. The van der Waals surface area contributed by atoms with Gasteiger partial charge in [-0.2, -0.15) is 0 Å². The zero-order valence-electron chi connectivity index (χ0n) is 16.8. The van der Waals surface area contributed by atoms with Gasteiger partial charge >= 0.3 is 0 Å². The number of carbonyl (C=O) groups excluding carboxylic acids is 1. The molecule has 0 radical (unpaired) electrons. The van der Waals surface area contributed by atoms with Crippen LogP contribution in [-0.2, 0) is 17.8 Å². The summed E-state index contributed by atoms with van der Waals surface area (Å²) >= 11 is 0. The molecule has 0 aromatic heterocycles. The van der Waals surface area contributed by atoms with Gasteiger partial charge in [0.15, 0.2) is 0 Å². The average Bonchev–Trinajstić information content (AvgIpc) is 2.77. The molecule has 0 saturated heterocycles. The van der Waals surface area contributed by atoms with E-state index in [0.29, 0.717) is 6.61 Å². The van der Waals surface area contributed by atoms with Crippen molar-refractivity contribution < 1.29 is 9.53 Å². The molecule has 0 aliphatic rings. The molecule has 0 atom stereocenters. The molecule has 1 N–H and O–H groups in total. The van der Waals surface area contributed by atoms with Crippen LogP contribution in [0, 0.1) is 0 Å². The van der Waals surface area contributed by atoms with Gasteiger partial charge in [-0.05, 0) is 59.9 Å². The Kier molecular flexibility index (Phi) is 7.64. The lowest BCUT2D eigenvalue weighted by Crippen LogP contribution is -2.07. The zero-order valence-corrected chi connectivity index (χ0v) is 16.8. The Morgan fingerprint density at radius 1 is 0.897 bits per heavy atom. The number of anilines is 1. The van der Waals surface area contributed by atoms with Crippen molar-refractivity contribution in [3.8, 4) is 5.75 Å². The summed E-state index contributed by atoms with van der Waals surface area (Å²) in [5.41, 5.74) is 4.19. The Morgan fingerprint density at radius 2 is 1.62 bits per heavy atom. The molecule has 0 aliphatic carbocycles. The number of amides is 1. The number of aryl methyl sites for hydroxylation is 1. The van der Waals surface area contributed by atoms with Crippen LogP contribution in [0.5, 0.6) is 5.75 Å². The Balaban J connectivity index is 1.48. The van der Waals surface area contributed by atoms with Crippen LogP contribution in [-0.4, -0.2) is 5.91 Å². The van der Waals surface area contributed by atoms with Gasteiger partial charge in [0.1, 0.15) is 12.4 Å². The summed E-state index contributed by atoms with van der Waals surface area (Å²) in [6, 6.07) is 25.8. The minimum atomic E-state index is -0.143. The van der Waals surface area contributed by atoms with E-state index >= 15 is 0 Å². The number of ether oxygens (including phenoxy) is 1. The van der Waals surface area contributed by atoms with Crippen molar-refractivity contribution in [1.82, 2.24) is 0 Å². The van der Waals surface area contributed by atoms with Crippen molar-refractivity contribution in [3.05, 3.63) is 102 Å². The van der Waals surface area contributed by atoms with E-state index in [1.54, 1.807) is 12.2 Å². The molecule has 0 bridgehead atoms.